The summed E-state index contributed by atoms with van der Waals surface area (Å²) in [4.78, 5) is 20.4. The van der Waals surface area contributed by atoms with Crippen molar-refractivity contribution in [3.8, 4) is 11.5 Å². The first-order chi connectivity index (χ1) is 16.4. The molecule has 4 aromatic rings. The minimum atomic E-state index is -0.102. The molecule has 0 spiro atoms. The highest BCUT2D eigenvalue weighted by Crippen LogP contribution is 2.41. The molecule has 2 heterocycles. The first kappa shape index (κ1) is 23.2. The van der Waals surface area contributed by atoms with Gasteiger partial charge in [0.05, 0.1) is 20.0 Å². The molecule has 5 N–H and O–H groups in total. The molecule has 0 unspecified atom stereocenters. The van der Waals surface area contributed by atoms with E-state index in [2.05, 4.69) is 15.3 Å². The highest BCUT2D eigenvalue weighted by molar-refractivity contribution is 7.98. The molecule has 0 aliphatic carbocycles. The maximum atomic E-state index is 11.2. The third-order valence-electron chi connectivity index (χ3n) is 5.14. The molecule has 0 saturated carbocycles. The number of amides is 1. The van der Waals surface area contributed by atoms with Crippen molar-refractivity contribution >= 4 is 46.1 Å². The summed E-state index contributed by atoms with van der Waals surface area (Å²) in [7, 11) is 3.16. The number of nitrogen functional groups attached to an aromatic ring is 2. The van der Waals surface area contributed by atoms with Gasteiger partial charge in [-0.2, -0.15) is 4.98 Å². The lowest BCUT2D eigenvalue weighted by Gasteiger charge is -2.12. The zero-order valence-corrected chi connectivity index (χ0v) is 19.9. The Balaban J connectivity index is 1.64. The standard InChI is InChI=1S/C24H25N5O4S/c1-13(30)28-16-4-6-18(7-5-16)34-12-17-10-19-14(8-15-11-27-24(26)29-23(15)25)9-20(31-2)22(32-3)21(19)33-17/h4-7,9-11H,8,12H2,1-3H3,(H,28,30)(H4,25,26,27,29). The van der Waals surface area contributed by atoms with Crippen LogP contribution in [-0.4, -0.2) is 30.1 Å². The van der Waals surface area contributed by atoms with Gasteiger partial charge in [0.25, 0.3) is 0 Å². The van der Waals surface area contributed by atoms with Gasteiger partial charge < -0.3 is 30.7 Å². The van der Waals surface area contributed by atoms with Gasteiger partial charge in [0.2, 0.25) is 17.6 Å². The second kappa shape index (κ2) is 9.92. The van der Waals surface area contributed by atoms with Crippen LogP contribution in [0.15, 0.2) is 51.9 Å². The van der Waals surface area contributed by atoms with Crippen molar-refractivity contribution in [2.24, 2.45) is 0 Å². The molecular weight excluding hydrogens is 454 g/mol. The van der Waals surface area contributed by atoms with Crippen molar-refractivity contribution in [1.82, 2.24) is 9.97 Å². The number of hydrogen-bond acceptors (Lipinski definition) is 9. The Labute approximate surface area is 200 Å². The number of carbonyl (C=O) groups is 1. The van der Waals surface area contributed by atoms with E-state index in [4.69, 9.17) is 25.4 Å². The smallest absolute Gasteiger partial charge is 0.221 e. The van der Waals surface area contributed by atoms with Crippen LogP contribution in [0.3, 0.4) is 0 Å². The Morgan fingerprint density at radius 1 is 1.12 bits per heavy atom. The number of hydrogen-bond donors (Lipinski definition) is 3. The Hall–Kier alpha value is -3.92. The molecule has 9 nitrogen and oxygen atoms in total. The highest BCUT2D eigenvalue weighted by Gasteiger charge is 2.20. The van der Waals surface area contributed by atoms with E-state index >= 15 is 0 Å². The molecule has 4 rings (SSSR count). The number of fused-ring (bicyclic) bond motifs is 1. The molecule has 0 radical (unpaired) electrons. The minimum Gasteiger partial charge on any atom is -0.493 e. The van der Waals surface area contributed by atoms with Gasteiger partial charge in [-0.25, -0.2) is 4.98 Å². The van der Waals surface area contributed by atoms with Crippen molar-refractivity contribution in [1.29, 1.82) is 0 Å². The van der Waals surface area contributed by atoms with Crippen molar-refractivity contribution in [3.63, 3.8) is 0 Å². The summed E-state index contributed by atoms with van der Waals surface area (Å²) in [6, 6.07) is 11.6. The average Bonchev–Trinajstić information content (AvgIpc) is 3.24. The predicted molar refractivity (Wildman–Crippen MR) is 133 cm³/mol. The predicted octanol–water partition coefficient (Wildman–Crippen LogP) is 4.25. The number of nitrogens with zero attached hydrogens (tertiary/aromatic N) is 2. The second-order valence-corrected chi connectivity index (χ2v) is 8.59. The number of aromatic nitrogens is 2. The van der Waals surface area contributed by atoms with Gasteiger partial charge in [0, 0.05) is 41.1 Å². The Kier molecular flexibility index (Phi) is 6.78. The maximum absolute atomic E-state index is 11.2. The summed E-state index contributed by atoms with van der Waals surface area (Å²) in [5.74, 6) is 2.83. The van der Waals surface area contributed by atoms with Gasteiger partial charge in [-0.1, -0.05) is 0 Å². The monoisotopic (exact) mass is 479 g/mol. The van der Waals surface area contributed by atoms with Crippen LogP contribution in [0.2, 0.25) is 0 Å². The topological polar surface area (TPSA) is 139 Å². The quantitative estimate of drug-likeness (QED) is 0.317. The van der Waals surface area contributed by atoms with Crippen LogP contribution in [0.5, 0.6) is 11.5 Å². The summed E-state index contributed by atoms with van der Waals surface area (Å²) in [5.41, 5.74) is 14.7. The van der Waals surface area contributed by atoms with E-state index < -0.39 is 0 Å². The summed E-state index contributed by atoms with van der Waals surface area (Å²) in [6.07, 6.45) is 2.10. The minimum absolute atomic E-state index is 0.102. The van der Waals surface area contributed by atoms with E-state index in [1.807, 2.05) is 36.4 Å². The number of nitrogens with one attached hydrogen (secondary N) is 1. The van der Waals surface area contributed by atoms with Gasteiger partial charge in [0.1, 0.15) is 11.6 Å². The number of ether oxygens (including phenoxy) is 2. The first-order valence-corrected chi connectivity index (χ1v) is 11.4. The molecule has 34 heavy (non-hydrogen) atoms. The number of rotatable bonds is 8. The lowest BCUT2D eigenvalue weighted by molar-refractivity contribution is -0.114. The zero-order valence-electron chi connectivity index (χ0n) is 19.0. The van der Waals surface area contributed by atoms with Gasteiger partial charge in [0.15, 0.2) is 11.3 Å². The van der Waals surface area contributed by atoms with Gasteiger partial charge in [-0.3, -0.25) is 4.79 Å². The molecule has 10 heteroatoms. The van der Waals surface area contributed by atoms with Gasteiger partial charge in [-0.15, -0.1) is 11.8 Å². The fourth-order valence-electron chi connectivity index (χ4n) is 3.59. The molecule has 176 valence electrons. The molecule has 2 aromatic heterocycles. The zero-order chi connectivity index (χ0) is 24.2. The number of furan rings is 1. The fourth-order valence-corrected chi connectivity index (χ4v) is 4.37. The van der Waals surface area contributed by atoms with Crippen molar-refractivity contribution in [2.45, 2.75) is 24.0 Å². The van der Waals surface area contributed by atoms with Crippen molar-refractivity contribution in [2.75, 3.05) is 31.0 Å². The number of thioether (sulfide) groups is 1. The molecule has 0 atom stereocenters. The molecule has 0 aliphatic heterocycles. The summed E-state index contributed by atoms with van der Waals surface area (Å²) in [6.45, 7) is 1.48. The van der Waals surface area contributed by atoms with Gasteiger partial charge in [-0.05, 0) is 42.0 Å². The molecule has 0 saturated heterocycles. The van der Waals surface area contributed by atoms with Crippen LogP contribution in [0.4, 0.5) is 17.5 Å². The number of benzene rings is 2. The van der Waals surface area contributed by atoms with Crippen molar-refractivity contribution in [3.05, 3.63) is 59.5 Å². The molecule has 0 aliphatic rings. The van der Waals surface area contributed by atoms with Crippen LogP contribution in [0.25, 0.3) is 11.0 Å². The van der Waals surface area contributed by atoms with E-state index in [0.717, 1.165) is 32.9 Å². The van der Waals surface area contributed by atoms with Crippen LogP contribution in [0, 0.1) is 0 Å². The maximum Gasteiger partial charge on any atom is 0.221 e. The summed E-state index contributed by atoms with van der Waals surface area (Å²) >= 11 is 1.62. The fraction of sp³-hybridized carbons (Fsp3) is 0.208. The van der Waals surface area contributed by atoms with E-state index in [1.54, 1.807) is 32.2 Å². The lowest BCUT2D eigenvalue weighted by atomic mass is 10.0. The second-order valence-electron chi connectivity index (χ2n) is 7.54. The largest absolute Gasteiger partial charge is 0.493 e. The number of anilines is 3. The Morgan fingerprint density at radius 2 is 1.88 bits per heavy atom. The van der Waals surface area contributed by atoms with Crippen molar-refractivity contribution < 1.29 is 18.7 Å². The first-order valence-electron chi connectivity index (χ1n) is 10.4. The van der Waals surface area contributed by atoms with Gasteiger partial charge >= 0.3 is 0 Å². The third kappa shape index (κ3) is 5.01. The highest BCUT2D eigenvalue weighted by atomic mass is 32.2. The third-order valence-corrected chi connectivity index (χ3v) is 6.18. The molecule has 1 amide bonds. The molecular formula is C24H25N5O4S. The van der Waals surface area contributed by atoms with Crippen LogP contribution in [-0.2, 0) is 17.0 Å². The van der Waals surface area contributed by atoms with Crippen LogP contribution in [0.1, 0.15) is 23.8 Å². The molecule has 0 fully saturated rings. The van der Waals surface area contributed by atoms with E-state index in [-0.39, 0.29) is 11.9 Å². The number of methoxy groups -OCH3 is 2. The molecule has 0 bridgehead atoms. The Morgan fingerprint density at radius 3 is 2.53 bits per heavy atom. The Bertz CT molecular complexity index is 1340. The van der Waals surface area contributed by atoms with Crippen LogP contribution >= 0.6 is 11.8 Å². The van der Waals surface area contributed by atoms with E-state index in [0.29, 0.717) is 35.1 Å². The van der Waals surface area contributed by atoms with Crippen LogP contribution < -0.4 is 26.3 Å². The SMILES string of the molecule is COc1cc(Cc2cnc(N)nc2N)c2cc(CSc3ccc(NC(C)=O)cc3)oc2c1OC. The van der Waals surface area contributed by atoms with E-state index in [1.165, 1.54) is 6.92 Å². The average molecular weight is 480 g/mol. The summed E-state index contributed by atoms with van der Waals surface area (Å²) < 4.78 is 17.3. The number of nitrogens with two attached hydrogens (primary N) is 2. The normalized spacial score (nSPS) is 10.9. The molecule has 2 aromatic carbocycles. The number of carbonyl (C=O) groups excluding carboxylic acids is 1. The van der Waals surface area contributed by atoms with E-state index in [9.17, 15) is 4.79 Å². The lowest BCUT2D eigenvalue weighted by Crippen LogP contribution is -2.05. The summed E-state index contributed by atoms with van der Waals surface area (Å²) in [5, 5.41) is 3.66.